The maximum Gasteiger partial charge on any atom is 0.281 e. The van der Waals surface area contributed by atoms with E-state index in [1.165, 1.54) is 10.7 Å². The average Bonchev–Trinajstić information content (AvgIpc) is 3.25. The van der Waals surface area contributed by atoms with Crippen LogP contribution in [-0.2, 0) is 21.5 Å². The summed E-state index contributed by atoms with van der Waals surface area (Å²) in [5.74, 6) is 0.956. The second-order valence-electron chi connectivity index (χ2n) is 8.42. The highest BCUT2D eigenvalue weighted by atomic mass is 32.2. The SMILES string of the molecule is CN(C1CCCCC1)S(=O)(=O)N1CCCC(C(=O)NCc2ccc3c(c2)OCO3)C1. The lowest BCUT2D eigenvalue weighted by molar-refractivity contribution is -0.126. The van der Waals surface area contributed by atoms with Crippen LogP contribution in [0.5, 0.6) is 11.5 Å². The number of nitrogens with one attached hydrogen (secondary N) is 1. The number of rotatable bonds is 6. The van der Waals surface area contributed by atoms with Gasteiger partial charge in [-0.2, -0.15) is 17.0 Å². The Morgan fingerprint density at radius 1 is 1.13 bits per heavy atom. The van der Waals surface area contributed by atoms with E-state index in [1.54, 1.807) is 11.4 Å². The molecule has 2 fully saturated rings. The van der Waals surface area contributed by atoms with Crippen LogP contribution in [-0.4, -0.2) is 55.9 Å². The van der Waals surface area contributed by atoms with E-state index in [9.17, 15) is 13.2 Å². The van der Waals surface area contributed by atoms with Gasteiger partial charge in [-0.3, -0.25) is 4.79 Å². The molecule has 1 saturated carbocycles. The number of carbonyl (C=O) groups excluding carboxylic acids is 1. The summed E-state index contributed by atoms with van der Waals surface area (Å²) in [5, 5.41) is 2.95. The molecule has 0 aromatic heterocycles. The molecule has 30 heavy (non-hydrogen) atoms. The Kier molecular flexibility index (Phi) is 6.50. The summed E-state index contributed by atoms with van der Waals surface area (Å²) in [6, 6.07) is 5.66. The second-order valence-corrected chi connectivity index (χ2v) is 10.4. The van der Waals surface area contributed by atoms with Gasteiger partial charge in [-0.1, -0.05) is 25.3 Å². The Morgan fingerprint density at radius 3 is 2.70 bits per heavy atom. The highest BCUT2D eigenvalue weighted by Crippen LogP contribution is 2.32. The number of hydrogen-bond acceptors (Lipinski definition) is 5. The molecule has 4 rings (SSSR count). The van der Waals surface area contributed by atoms with E-state index >= 15 is 0 Å². The van der Waals surface area contributed by atoms with Crippen molar-refractivity contribution in [3.63, 3.8) is 0 Å². The van der Waals surface area contributed by atoms with Gasteiger partial charge in [-0.05, 0) is 43.4 Å². The van der Waals surface area contributed by atoms with Gasteiger partial charge in [0, 0.05) is 32.7 Å². The van der Waals surface area contributed by atoms with Crippen LogP contribution in [0, 0.1) is 5.92 Å². The second kappa shape index (κ2) is 9.11. The van der Waals surface area contributed by atoms with Crippen molar-refractivity contribution < 1.29 is 22.7 Å². The molecule has 0 spiro atoms. The Bertz CT molecular complexity index is 869. The molecule has 3 aliphatic rings. The molecule has 1 aliphatic carbocycles. The molecule has 1 saturated heterocycles. The highest BCUT2D eigenvalue weighted by molar-refractivity contribution is 7.86. The van der Waals surface area contributed by atoms with Gasteiger partial charge in [-0.25, -0.2) is 0 Å². The smallest absolute Gasteiger partial charge is 0.281 e. The van der Waals surface area contributed by atoms with Crippen molar-refractivity contribution in [1.29, 1.82) is 0 Å². The molecule has 0 bridgehead atoms. The molecule has 1 atom stereocenters. The normalized spacial score (nSPS) is 22.9. The number of ether oxygens (including phenoxy) is 2. The molecule has 1 amide bonds. The summed E-state index contributed by atoms with van der Waals surface area (Å²) in [6.45, 7) is 1.31. The summed E-state index contributed by atoms with van der Waals surface area (Å²) < 4.78 is 40.0. The van der Waals surface area contributed by atoms with Crippen LogP contribution in [0.3, 0.4) is 0 Å². The Balaban J connectivity index is 1.34. The Hall–Kier alpha value is -1.84. The first-order valence-corrected chi connectivity index (χ1v) is 12.2. The lowest BCUT2D eigenvalue weighted by atomic mass is 9.96. The van der Waals surface area contributed by atoms with Crippen LogP contribution >= 0.6 is 0 Å². The monoisotopic (exact) mass is 437 g/mol. The number of amides is 1. The third-order valence-corrected chi connectivity index (χ3v) is 8.45. The van der Waals surface area contributed by atoms with Gasteiger partial charge < -0.3 is 14.8 Å². The van der Waals surface area contributed by atoms with E-state index in [0.29, 0.717) is 37.4 Å². The van der Waals surface area contributed by atoms with Gasteiger partial charge in [0.15, 0.2) is 11.5 Å². The standard InChI is InChI=1S/C21H31N3O5S/c1-23(18-7-3-2-4-8-18)30(26,27)24-11-5-6-17(14-24)21(25)22-13-16-9-10-19-20(12-16)29-15-28-19/h9-10,12,17-18H,2-8,11,13-15H2,1H3,(H,22,25). The largest absolute Gasteiger partial charge is 0.454 e. The Morgan fingerprint density at radius 2 is 1.90 bits per heavy atom. The molecule has 9 heteroatoms. The highest BCUT2D eigenvalue weighted by Gasteiger charge is 2.37. The third kappa shape index (κ3) is 4.58. The molecule has 2 aliphatic heterocycles. The molecule has 1 aromatic carbocycles. The first-order chi connectivity index (χ1) is 14.4. The zero-order chi connectivity index (χ0) is 21.1. The van der Waals surface area contributed by atoms with Crippen LogP contribution in [0.4, 0.5) is 0 Å². The quantitative estimate of drug-likeness (QED) is 0.738. The maximum atomic E-state index is 13.1. The fraction of sp³-hybridized carbons (Fsp3) is 0.667. The minimum atomic E-state index is -3.55. The van der Waals surface area contributed by atoms with E-state index in [2.05, 4.69) is 5.32 Å². The van der Waals surface area contributed by atoms with Crippen LogP contribution in [0.1, 0.15) is 50.5 Å². The fourth-order valence-electron chi connectivity index (χ4n) is 4.57. The minimum absolute atomic E-state index is 0.0731. The molecule has 1 aromatic rings. The van der Waals surface area contributed by atoms with Gasteiger partial charge in [0.2, 0.25) is 12.7 Å². The minimum Gasteiger partial charge on any atom is -0.454 e. The van der Waals surface area contributed by atoms with Crippen molar-refractivity contribution in [1.82, 2.24) is 13.9 Å². The van der Waals surface area contributed by atoms with E-state index in [0.717, 1.165) is 31.2 Å². The molecule has 8 nitrogen and oxygen atoms in total. The number of fused-ring (bicyclic) bond motifs is 1. The topological polar surface area (TPSA) is 88.2 Å². The number of carbonyl (C=O) groups is 1. The van der Waals surface area contributed by atoms with Gasteiger partial charge in [-0.15, -0.1) is 0 Å². The van der Waals surface area contributed by atoms with Crippen molar-refractivity contribution in [2.45, 2.75) is 57.5 Å². The van der Waals surface area contributed by atoms with Crippen molar-refractivity contribution in [2.24, 2.45) is 5.92 Å². The van der Waals surface area contributed by atoms with Crippen LogP contribution in [0.25, 0.3) is 0 Å². The van der Waals surface area contributed by atoms with Crippen molar-refractivity contribution in [2.75, 3.05) is 26.9 Å². The predicted molar refractivity (Wildman–Crippen MR) is 112 cm³/mol. The van der Waals surface area contributed by atoms with E-state index < -0.39 is 10.2 Å². The number of hydrogen-bond donors (Lipinski definition) is 1. The molecular weight excluding hydrogens is 406 g/mol. The van der Waals surface area contributed by atoms with Crippen molar-refractivity contribution >= 4 is 16.1 Å². The van der Waals surface area contributed by atoms with Gasteiger partial charge >= 0.3 is 0 Å². The summed E-state index contributed by atoms with van der Waals surface area (Å²) in [4.78, 5) is 12.7. The summed E-state index contributed by atoms with van der Waals surface area (Å²) >= 11 is 0. The number of benzene rings is 1. The summed E-state index contributed by atoms with van der Waals surface area (Å²) in [7, 11) is -1.86. The first-order valence-electron chi connectivity index (χ1n) is 10.8. The number of nitrogens with zero attached hydrogens (tertiary/aromatic N) is 2. The lowest BCUT2D eigenvalue weighted by Crippen LogP contribution is -2.52. The predicted octanol–water partition coefficient (Wildman–Crippen LogP) is 2.25. The zero-order valence-electron chi connectivity index (χ0n) is 17.5. The number of piperidine rings is 1. The molecule has 0 radical (unpaired) electrons. The van der Waals surface area contributed by atoms with E-state index in [1.807, 2.05) is 18.2 Å². The van der Waals surface area contributed by atoms with E-state index in [4.69, 9.17) is 9.47 Å². The van der Waals surface area contributed by atoms with Crippen LogP contribution in [0.15, 0.2) is 18.2 Å². The van der Waals surface area contributed by atoms with Gasteiger partial charge in [0.25, 0.3) is 10.2 Å². The zero-order valence-corrected chi connectivity index (χ0v) is 18.3. The molecule has 1 unspecified atom stereocenters. The average molecular weight is 438 g/mol. The van der Waals surface area contributed by atoms with Crippen molar-refractivity contribution in [3.05, 3.63) is 23.8 Å². The maximum absolute atomic E-state index is 13.1. The molecule has 1 N–H and O–H groups in total. The van der Waals surface area contributed by atoms with Gasteiger partial charge in [0.05, 0.1) is 5.92 Å². The van der Waals surface area contributed by atoms with Gasteiger partial charge in [0.1, 0.15) is 0 Å². The third-order valence-electron chi connectivity index (χ3n) is 6.44. The molecule has 166 valence electrons. The van der Waals surface area contributed by atoms with Crippen molar-refractivity contribution in [3.8, 4) is 11.5 Å². The molecule has 2 heterocycles. The summed E-state index contributed by atoms with van der Waals surface area (Å²) in [6.07, 6.45) is 6.57. The summed E-state index contributed by atoms with van der Waals surface area (Å²) in [5.41, 5.74) is 0.921. The van der Waals surface area contributed by atoms with Crippen LogP contribution < -0.4 is 14.8 Å². The lowest BCUT2D eigenvalue weighted by Gasteiger charge is -2.37. The fourth-order valence-corrected chi connectivity index (χ4v) is 6.25. The molecular formula is C21H31N3O5S. The Labute approximate surface area is 178 Å². The van der Waals surface area contributed by atoms with E-state index in [-0.39, 0.29) is 31.2 Å². The van der Waals surface area contributed by atoms with Crippen LogP contribution in [0.2, 0.25) is 0 Å². The first kappa shape index (κ1) is 21.4.